The van der Waals surface area contributed by atoms with Crippen LogP contribution in [-0.2, 0) is 19.4 Å². The van der Waals surface area contributed by atoms with Gasteiger partial charge in [0.1, 0.15) is 5.75 Å². The number of rotatable bonds is 6. The largest absolute Gasteiger partial charge is 0.497 e. The van der Waals surface area contributed by atoms with Crippen LogP contribution in [-0.4, -0.2) is 13.0 Å². The van der Waals surface area contributed by atoms with E-state index in [-0.39, 0.29) is 5.91 Å². The average molecular weight is 297 g/mol. The predicted molar refractivity (Wildman–Crippen MR) is 89.4 cm³/mol. The summed E-state index contributed by atoms with van der Waals surface area (Å²) >= 11 is 0. The second-order valence-corrected chi connectivity index (χ2v) is 5.28. The number of aryl methyl sites for hydroxylation is 2. The molecule has 0 aliphatic carbocycles. The van der Waals surface area contributed by atoms with Crippen molar-refractivity contribution in [2.45, 2.75) is 33.2 Å². The molecule has 2 aromatic rings. The number of benzene rings is 2. The summed E-state index contributed by atoms with van der Waals surface area (Å²) in [6.07, 6.45) is 1.90. The van der Waals surface area contributed by atoms with Gasteiger partial charge in [0.2, 0.25) is 0 Å². The Kier molecular flexibility index (Phi) is 5.59. The first-order chi connectivity index (χ1) is 10.7. The Labute approximate surface area is 132 Å². The Morgan fingerprint density at radius 2 is 1.59 bits per heavy atom. The van der Waals surface area contributed by atoms with E-state index in [0.29, 0.717) is 12.1 Å². The molecular weight excluding hydrogens is 274 g/mol. The van der Waals surface area contributed by atoms with Gasteiger partial charge in [-0.05, 0) is 47.7 Å². The van der Waals surface area contributed by atoms with Gasteiger partial charge in [-0.25, -0.2) is 0 Å². The fraction of sp³-hybridized carbons (Fsp3) is 0.316. The number of carbonyl (C=O) groups excluding carboxylic acids is 1. The van der Waals surface area contributed by atoms with E-state index in [1.165, 1.54) is 5.56 Å². The van der Waals surface area contributed by atoms with Gasteiger partial charge >= 0.3 is 0 Å². The van der Waals surface area contributed by atoms with Crippen molar-refractivity contribution < 1.29 is 9.53 Å². The Balaban J connectivity index is 2.05. The fourth-order valence-electron chi connectivity index (χ4n) is 2.29. The minimum atomic E-state index is -0.0758. The van der Waals surface area contributed by atoms with Crippen molar-refractivity contribution in [1.29, 1.82) is 0 Å². The molecule has 0 saturated heterocycles. The summed E-state index contributed by atoms with van der Waals surface area (Å²) in [4.78, 5) is 12.3. The summed E-state index contributed by atoms with van der Waals surface area (Å²) in [7, 11) is 1.62. The molecule has 0 spiro atoms. The molecule has 0 radical (unpaired) electrons. The normalized spacial score (nSPS) is 10.3. The zero-order chi connectivity index (χ0) is 15.9. The maximum absolute atomic E-state index is 12.3. The van der Waals surface area contributed by atoms with Crippen molar-refractivity contribution in [2.75, 3.05) is 7.11 Å². The molecule has 1 N–H and O–H groups in total. The fourth-order valence-corrected chi connectivity index (χ4v) is 2.29. The van der Waals surface area contributed by atoms with E-state index in [4.69, 9.17) is 4.74 Å². The Bertz CT molecular complexity index is 610. The highest BCUT2D eigenvalue weighted by Crippen LogP contribution is 2.17. The third kappa shape index (κ3) is 4.10. The molecule has 2 rings (SSSR count). The summed E-state index contributed by atoms with van der Waals surface area (Å²) in [6.45, 7) is 4.72. The third-order valence-electron chi connectivity index (χ3n) is 3.76. The third-order valence-corrected chi connectivity index (χ3v) is 3.76. The summed E-state index contributed by atoms with van der Waals surface area (Å²) < 4.78 is 5.26. The quantitative estimate of drug-likeness (QED) is 0.882. The van der Waals surface area contributed by atoms with Crippen LogP contribution in [0.3, 0.4) is 0 Å². The van der Waals surface area contributed by atoms with Gasteiger partial charge in [0.05, 0.1) is 7.11 Å². The minimum absolute atomic E-state index is 0.0758. The zero-order valence-electron chi connectivity index (χ0n) is 13.5. The molecule has 0 aromatic heterocycles. The molecule has 0 fully saturated rings. The van der Waals surface area contributed by atoms with Crippen LogP contribution in [0, 0.1) is 0 Å². The second-order valence-electron chi connectivity index (χ2n) is 5.28. The highest BCUT2D eigenvalue weighted by Gasteiger charge is 2.08. The lowest BCUT2D eigenvalue weighted by molar-refractivity contribution is 0.0950. The average Bonchev–Trinajstić information content (AvgIpc) is 2.59. The monoisotopic (exact) mass is 297 g/mol. The van der Waals surface area contributed by atoms with Gasteiger partial charge in [-0.2, -0.15) is 0 Å². The molecule has 0 heterocycles. The Hall–Kier alpha value is -2.29. The Morgan fingerprint density at radius 3 is 2.18 bits per heavy atom. The minimum Gasteiger partial charge on any atom is -0.497 e. The van der Waals surface area contributed by atoms with Crippen LogP contribution in [0.25, 0.3) is 0 Å². The number of methoxy groups -OCH3 is 1. The van der Waals surface area contributed by atoms with Crippen LogP contribution in [0.15, 0.2) is 42.5 Å². The molecule has 0 aliphatic heterocycles. The van der Waals surface area contributed by atoms with E-state index in [1.54, 1.807) is 13.2 Å². The van der Waals surface area contributed by atoms with Crippen LogP contribution in [0.4, 0.5) is 0 Å². The lowest BCUT2D eigenvalue weighted by atomic mass is 10.1. The van der Waals surface area contributed by atoms with E-state index >= 15 is 0 Å². The van der Waals surface area contributed by atoms with Crippen molar-refractivity contribution in [3.05, 3.63) is 64.7 Å². The van der Waals surface area contributed by atoms with Crippen LogP contribution in [0.2, 0.25) is 0 Å². The van der Waals surface area contributed by atoms with Gasteiger partial charge in [-0.15, -0.1) is 0 Å². The molecule has 3 nitrogen and oxygen atoms in total. The molecule has 2 aromatic carbocycles. The highest BCUT2D eigenvalue weighted by atomic mass is 16.5. The number of hydrogen-bond acceptors (Lipinski definition) is 2. The van der Waals surface area contributed by atoms with Gasteiger partial charge in [0, 0.05) is 12.1 Å². The van der Waals surface area contributed by atoms with Gasteiger partial charge in [0.25, 0.3) is 5.91 Å². The maximum Gasteiger partial charge on any atom is 0.251 e. The van der Waals surface area contributed by atoms with Crippen molar-refractivity contribution in [2.24, 2.45) is 0 Å². The smallest absolute Gasteiger partial charge is 0.251 e. The molecule has 0 aliphatic rings. The van der Waals surface area contributed by atoms with Gasteiger partial charge < -0.3 is 10.1 Å². The Morgan fingerprint density at radius 1 is 0.955 bits per heavy atom. The first-order valence-electron chi connectivity index (χ1n) is 7.70. The van der Waals surface area contributed by atoms with Crippen LogP contribution in [0.5, 0.6) is 5.75 Å². The number of ether oxygens (including phenoxy) is 1. The standard InChI is InChI=1S/C19H23NO2/c1-4-14-6-8-16(9-7-14)13-20-19(21)17-10-15(5-2)11-18(12-17)22-3/h6-12H,4-5,13H2,1-3H3,(H,20,21). The van der Waals surface area contributed by atoms with E-state index in [9.17, 15) is 4.79 Å². The molecule has 116 valence electrons. The summed E-state index contributed by atoms with van der Waals surface area (Å²) in [5.74, 6) is 0.643. The molecule has 22 heavy (non-hydrogen) atoms. The van der Waals surface area contributed by atoms with E-state index < -0.39 is 0 Å². The maximum atomic E-state index is 12.3. The van der Waals surface area contributed by atoms with Crippen LogP contribution >= 0.6 is 0 Å². The number of hydrogen-bond donors (Lipinski definition) is 1. The summed E-state index contributed by atoms with van der Waals surface area (Å²) in [5.41, 5.74) is 4.14. The first-order valence-corrected chi connectivity index (χ1v) is 7.70. The number of amides is 1. The molecule has 0 bridgehead atoms. The van der Waals surface area contributed by atoms with E-state index in [2.05, 4.69) is 43.4 Å². The predicted octanol–water partition coefficient (Wildman–Crippen LogP) is 3.75. The van der Waals surface area contributed by atoms with Crippen LogP contribution < -0.4 is 10.1 Å². The molecular formula is C19H23NO2. The van der Waals surface area contributed by atoms with Crippen molar-refractivity contribution in [1.82, 2.24) is 5.32 Å². The first kappa shape index (κ1) is 16.1. The van der Waals surface area contributed by atoms with Crippen molar-refractivity contribution in [3.8, 4) is 5.75 Å². The molecule has 0 atom stereocenters. The summed E-state index contributed by atoms with van der Waals surface area (Å²) in [5, 5.41) is 2.96. The highest BCUT2D eigenvalue weighted by molar-refractivity contribution is 5.94. The summed E-state index contributed by atoms with van der Waals surface area (Å²) in [6, 6.07) is 14.0. The van der Waals surface area contributed by atoms with Gasteiger partial charge in [-0.3, -0.25) is 4.79 Å². The van der Waals surface area contributed by atoms with Crippen LogP contribution in [0.1, 0.15) is 40.9 Å². The second kappa shape index (κ2) is 7.64. The lowest BCUT2D eigenvalue weighted by Crippen LogP contribution is -2.23. The van der Waals surface area contributed by atoms with Gasteiger partial charge in [-0.1, -0.05) is 38.1 Å². The van der Waals surface area contributed by atoms with Crippen molar-refractivity contribution in [3.63, 3.8) is 0 Å². The molecule has 3 heteroatoms. The van der Waals surface area contributed by atoms with E-state index in [0.717, 1.165) is 29.7 Å². The molecule has 0 saturated carbocycles. The van der Waals surface area contributed by atoms with E-state index in [1.807, 2.05) is 12.1 Å². The lowest BCUT2D eigenvalue weighted by Gasteiger charge is -2.09. The van der Waals surface area contributed by atoms with Crippen molar-refractivity contribution >= 4 is 5.91 Å². The zero-order valence-corrected chi connectivity index (χ0v) is 13.5. The SMILES string of the molecule is CCc1ccc(CNC(=O)c2cc(CC)cc(OC)c2)cc1. The number of nitrogens with one attached hydrogen (secondary N) is 1. The number of carbonyl (C=O) groups is 1. The molecule has 1 amide bonds. The van der Waals surface area contributed by atoms with Gasteiger partial charge in [0.15, 0.2) is 0 Å². The topological polar surface area (TPSA) is 38.3 Å². The molecule has 0 unspecified atom stereocenters.